The molecule has 1 N–H and O–H groups in total. The summed E-state index contributed by atoms with van der Waals surface area (Å²) in [5.74, 6) is -0.955. The van der Waals surface area contributed by atoms with Gasteiger partial charge in [-0.25, -0.2) is 9.18 Å². The van der Waals surface area contributed by atoms with Crippen LogP contribution in [0.3, 0.4) is 0 Å². The van der Waals surface area contributed by atoms with Gasteiger partial charge in [0.05, 0.1) is 24.4 Å². The van der Waals surface area contributed by atoms with Crippen molar-refractivity contribution in [3.63, 3.8) is 0 Å². The van der Waals surface area contributed by atoms with Crippen molar-refractivity contribution in [2.24, 2.45) is 5.92 Å². The predicted octanol–water partition coefficient (Wildman–Crippen LogP) is 3.68. The van der Waals surface area contributed by atoms with E-state index in [4.69, 9.17) is 9.47 Å². The first-order valence-electron chi connectivity index (χ1n) is 17.0. The molecule has 12 heteroatoms. The molecule has 1 aromatic rings. The lowest BCUT2D eigenvalue weighted by Gasteiger charge is -2.39. The van der Waals surface area contributed by atoms with E-state index >= 15 is 4.39 Å². The highest BCUT2D eigenvalue weighted by Gasteiger charge is 2.41. The lowest BCUT2D eigenvalue weighted by Crippen LogP contribution is -2.52. The van der Waals surface area contributed by atoms with E-state index in [1.807, 2.05) is 30.6 Å². The Bertz CT molecular complexity index is 1330. The lowest BCUT2D eigenvalue weighted by atomic mass is 9.86. The number of amides is 4. The predicted molar refractivity (Wildman–Crippen MR) is 169 cm³/mol. The van der Waals surface area contributed by atoms with E-state index in [0.717, 1.165) is 58.2 Å². The Labute approximate surface area is 270 Å². The number of carbonyl (C=O) groups is 4. The van der Waals surface area contributed by atoms with Gasteiger partial charge in [0.25, 0.3) is 5.91 Å². The molecule has 1 aliphatic carbocycles. The Hall–Kier alpha value is -3.25. The fourth-order valence-electron chi connectivity index (χ4n) is 7.60. The molecular formula is C34H48FN5O6. The molecule has 4 aliphatic heterocycles. The third kappa shape index (κ3) is 7.33. The van der Waals surface area contributed by atoms with Gasteiger partial charge in [0.1, 0.15) is 11.6 Å². The summed E-state index contributed by atoms with van der Waals surface area (Å²) in [7, 11) is 0. The number of nitrogens with zero attached hydrogens (tertiary/aromatic N) is 4. The Morgan fingerprint density at radius 3 is 2.24 bits per heavy atom. The van der Waals surface area contributed by atoms with Gasteiger partial charge in [0, 0.05) is 63.4 Å². The second-order valence-corrected chi connectivity index (χ2v) is 14.6. The van der Waals surface area contributed by atoms with E-state index < -0.39 is 23.4 Å². The minimum absolute atomic E-state index is 0.0324. The Morgan fingerprint density at radius 2 is 1.59 bits per heavy atom. The van der Waals surface area contributed by atoms with Crippen LogP contribution in [0.1, 0.15) is 88.1 Å². The monoisotopic (exact) mass is 641 g/mol. The maximum atomic E-state index is 15.8. The van der Waals surface area contributed by atoms with Crippen LogP contribution in [-0.2, 0) is 25.6 Å². The van der Waals surface area contributed by atoms with Crippen LogP contribution in [0.2, 0.25) is 0 Å². The third-order valence-corrected chi connectivity index (χ3v) is 10.1. The number of hydrogen-bond donors (Lipinski definition) is 1. The molecule has 252 valence electrons. The van der Waals surface area contributed by atoms with Crippen molar-refractivity contribution >= 4 is 29.5 Å². The molecule has 6 rings (SSSR count). The summed E-state index contributed by atoms with van der Waals surface area (Å²) in [4.78, 5) is 57.0. The van der Waals surface area contributed by atoms with Crippen molar-refractivity contribution in [2.45, 2.75) is 103 Å². The number of piperazine rings is 1. The largest absolute Gasteiger partial charge is 0.444 e. The molecule has 0 aromatic heterocycles. The highest BCUT2D eigenvalue weighted by atomic mass is 19.1. The second-order valence-electron chi connectivity index (χ2n) is 14.6. The van der Waals surface area contributed by atoms with E-state index in [1.54, 1.807) is 12.1 Å². The van der Waals surface area contributed by atoms with Gasteiger partial charge in [-0.2, -0.15) is 0 Å². The van der Waals surface area contributed by atoms with Crippen LogP contribution in [0.15, 0.2) is 12.1 Å². The molecule has 1 atom stereocenters. The maximum absolute atomic E-state index is 15.8. The minimum Gasteiger partial charge on any atom is -0.444 e. The van der Waals surface area contributed by atoms with Gasteiger partial charge in [-0.3, -0.25) is 24.6 Å². The molecule has 1 unspecified atom stereocenters. The van der Waals surface area contributed by atoms with E-state index in [1.165, 1.54) is 4.90 Å². The number of piperidine rings is 2. The first-order valence-corrected chi connectivity index (χ1v) is 17.0. The number of hydrogen-bond acceptors (Lipinski definition) is 8. The number of carbonyl (C=O) groups excluding carboxylic acids is 4. The fraction of sp³-hybridized carbons (Fsp3) is 0.706. The third-order valence-electron chi connectivity index (χ3n) is 10.1. The number of benzene rings is 1. The maximum Gasteiger partial charge on any atom is 0.410 e. The van der Waals surface area contributed by atoms with Crippen LogP contribution in [0.25, 0.3) is 0 Å². The zero-order valence-corrected chi connectivity index (χ0v) is 27.4. The Kier molecular flexibility index (Phi) is 9.57. The molecule has 5 aliphatic rings. The lowest BCUT2D eigenvalue weighted by molar-refractivity contribution is -0.136. The molecule has 0 bridgehead atoms. The zero-order valence-electron chi connectivity index (χ0n) is 27.4. The van der Waals surface area contributed by atoms with Crippen LogP contribution in [0.5, 0.6) is 0 Å². The molecule has 3 saturated heterocycles. The topological polar surface area (TPSA) is 112 Å². The van der Waals surface area contributed by atoms with Gasteiger partial charge in [0.15, 0.2) is 5.82 Å². The molecule has 11 nitrogen and oxygen atoms in total. The van der Waals surface area contributed by atoms with Crippen LogP contribution in [0, 0.1) is 11.7 Å². The first kappa shape index (κ1) is 32.7. The highest BCUT2D eigenvalue weighted by Crippen LogP contribution is 2.36. The molecule has 1 aromatic carbocycles. The van der Waals surface area contributed by atoms with E-state index in [0.29, 0.717) is 48.9 Å². The van der Waals surface area contributed by atoms with Crippen molar-refractivity contribution in [3.8, 4) is 0 Å². The van der Waals surface area contributed by atoms with Gasteiger partial charge >= 0.3 is 6.09 Å². The van der Waals surface area contributed by atoms with Crippen molar-refractivity contribution < 1.29 is 33.0 Å². The van der Waals surface area contributed by atoms with Crippen LogP contribution < -0.4 is 10.2 Å². The number of fused-ring (bicyclic) bond motifs is 1. The number of ether oxygens (including phenoxy) is 2. The molecule has 0 radical (unpaired) electrons. The van der Waals surface area contributed by atoms with E-state index in [9.17, 15) is 19.2 Å². The molecule has 4 fully saturated rings. The molecule has 46 heavy (non-hydrogen) atoms. The van der Waals surface area contributed by atoms with Gasteiger partial charge < -0.3 is 24.2 Å². The molecule has 0 spiro atoms. The van der Waals surface area contributed by atoms with Gasteiger partial charge in [0.2, 0.25) is 11.8 Å². The summed E-state index contributed by atoms with van der Waals surface area (Å²) in [6.45, 7) is 11.3. The van der Waals surface area contributed by atoms with Crippen molar-refractivity contribution in [3.05, 3.63) is 29.1 Å². The minimum atomic E-state index is -0.759. The van der Waals surface area contributed by atoms with Gasteiger partial charge in [-0.05, 0) is 83.8 Å². The number of imide groups is 1. The highest BCUT2D eigenvalue weighted by molar-refractivity contribution is 6.05. The van der Waals surface area contributed by atoms with Crippen molar-refractivity contribution in [1.82, 2.24) is 20.0 Å². The summed E-state index contributed by atoms with van der Waals surface area (Å²) in [5.41, 5.74) is 0.637. The molecular weight excluding hydrogens is 593 g/mol. The Morgan fingerprint density at radius 1 is 0.913 bits per heavy atom. The van der Waals surface area contributed by atoms with Gasteiger partial charge in [-0.15, -0.1) is 0 Å². The van der Waals surface area contributed by atoms with Crippen molar-refractivity contribution in [1.29, 1.82) is 0 Å². The quantitative estimate of drug-likeness (QED) is 0.469. The Balaban J connectivity index is 0.925. The van der Waals surface area contributed by atoms with Crippen molar-refractivity contribution in [2.75, 3.05) is 50.7 Å². The van der Waals surface area contributed by atoms with Crippen LogP contribution in [-0.4, -0.2) is 108 Å². The first-order chi connectivity index (χ1) is 21.9. The molecule has 4 heterocycles. The van der Waals surface area contributed by atoms with E-state index in [2.05, 4.69) is 10.2 Å². The summed E-state index contributed by atoms with van der Waals surface area (Å²) in [5, 5.41) is 2.29. The molecule has 4 amide bonds. The van der Waals surface area contributed by atoms with Crippen LogP contribution >= 0.6 is 0 Å². The smallest absolute Gasteiger partial charge is 0.410 e. The number of anilines is 1. The summed E-state index contributed by atoms with van der Waals surface area (Å²) < 4.78 is 27.9. The fourth-order valence-corrected chi connectivity index (χ4v) is 7.60. The number of rotatable bonds is 6. The molecule has 1 saturated carbocycles. The summed E-state index contributed by atoms with van der Waals surface area (Å²) >= 11 is 0. The number of nitrogens with one attached hydrogen (secondary N) is 1. The van der Waals surface area contributed by atoms with E-state index in [-0.39, 0.29) is 49.5 Å². The summed E-state index contributed by atoms with van der Waals surface area (Å²) in [6.07, 6.45) is 6.65. The normalized spacial score (nSPS) is 26.7. The zero-order chi connectivity index (χ0) is 32.6. The number of halogens is 1. The average molecular weight is 642 g/mol. The SMILES string of the molecule is CC(C)(C)OC(=O)N1CCN(CC2CCC(OC3CCN(c4ccc5c(c4F)CN(C4CCC(=O)NC4=O)C5=O)CC3)CC2)CC1. The van der Waals surface area contributed by atoms with Crippen LogP contribution in [0.4, 0.5) is 14.9 Å². The summed E-state index contributed by atoms with van der Waals surface area (Å²) in [6, 6.07) is 2.59. The standard InChI is InChI=1S/C34H48FN5O6/c1-34(2,3)46-33(44)39-18-16-37(17-19-39)20-22-4-6-23(7-5-22)45-24-12-14-38(15-13-24)27-9-8-25-26(30(27)35)21-40(32(25)43)28-10-11-29(41)36-31(28)42/h8-9,22-24,28H,4-7,10-21H2,1-3H3,(H,36,41,42). The average Bonchev–Trinajstić information content (AvgIpc) is 3.35. The van der Waals surface area contributed by atoms with Gasteiger partial charge in [-0.1, -0.05) is 0 Å². The second kappa shape index (κ2) is 13.5.